The van der Waals surface area contributed by atoms with Gasteiger partial charge in [-0.25, -0.2) is 0 Å². The minimum Gasteiger partial charge on any atom is -0.295 e. The Balaban J connectivity index is 2.13. The van der Waals surface area contributed by atoms with Gasteiger partial charge in [-0.1, -0.05) is 25.5 Å². The first-order valence-corrected chi connectivity index (χ1v) is 6.18. The summed E-state index contributed by atoms with van der Waals surface area (Å²) in [5.74, 6) is 0.290. The number of hydrogen-bond donors (Lipinski definition) is 0. The first kappa shape index (κ1) is 10.6. The Bertz CT molecular complexity index is 385. The molecule has 0 saturated heterocycles. The van der Waals surface area contributed by atoms with Crippen molar-refractivity contribution in [1.29, 1.82) is 0 Å². The monoisotopic (exact) mass is 220 g/mol. The molecule has 1 aromatic heterocycles. The van der Waals surface area contributed by atoms with Gasteiger partial charge in [0.1, 0.15) is 0 Å². The Kier molecular flexibility index (Phi) is 2.79. The predicted molar refractivity (Wildman–Crippen MR) is 64.1 cm³/mol. The van der Waals surface area contributed by atoms with E-state index in [2.05, 4.69) is 31.4 Å². The average molecular weight is 220 g/mol. The largest absolute Gasteiger partial charge is 0.295 e. The van der Waals surface area contributed by atoms with Crippen LogP contribution in [0.5, 0.6) is 0 Å². The molecule has 0 radical (unpaired) electrons. The number of carbonyl (C=O) groups is 1. The van der Waals surface area contributed by atoms with Crippen molar-refractivity contribution in [3.63, 3.8) is 0 Å². The number of ketones is 1. The lowest BCUT2D eigenvalue weighted by Gasteiger charge is -2.28. The summed E-state index contributed by atoms with van der Waals surface area (Å²) in [6.07, 6.45) is 4.55. The summed E-state index contributed by atoms with van der Waals surface area (Å²) in [7, 11) is 0. The van der Waals surface area contributed by atoms with Crippen LogP contribution in [-0.4, -0.2) is 5.78 Å². The van der Waals surface area contributed by atoms with Crippen molar-refractivity contribution >= 4 is 17.1 Å². The molecule has 1 aliphatic carbocycles. The van der Waals surface area contributed by atoms with Crippen LogP contribution in [0.25, 0.3) is 0 Å². The fraction of sp³-hybridized carbons (Fsp3) is 0.462. The lowest BCUT2D eigenvalue weighted by atomic mass is 9.76. The van der Waals surface area contributed by atoms with Gasteiger partial charge < -0.3 is 0 Å². The standard InChI is InChI=1S/C13H16OS/c1-13(2)8-10(6-11(14)9-13)7-12-4-3-5-15-12/h3-6H,7-9H2,1-2H3. The van der Waals surface area contributed by atoms with Crippen LogP contribution in [0, 0.1) is 5.41 Å². The van der Waals surface area contributed by atoms with Gasteiger partial charge in [0.15, 0.2) is 5.78 Å². The van der Waals surface area contributed by atoms with Crippen LogP contribution in [-0.2, 0) is 11.2 Å². The third kappa shape index (κ3) is 2.78. The van der Waals surface area contributed by atoms with Gasteiger partial charge in [-0.2, -0.15) is 0 Å². The normalized spacial score (nSPS) is 20.1. The molecule has 0 atom stereocenters. The molecule has 0 amide bonds. The molecule has 2 heteroatoms. The smallest absolute Gasteiger partial charge is 0.156 e. The third-order valence-corrected chi connectivity index (χ3v) is 3.58. The molecule has 1 aromatic rings. The summed E-state index contributed by atoms with van der Waals surface area (Å²) < 4.78 is 0. The van der Waals surface area contributed by atoms with Crippen molar-refractivity contribution in [2.45, 2.75) is 33.1 Å². The zero-order valence-electron chi connectivity index (χ0n) is 9.25. The SMILES string of the molecule is CC1(C)CC(=O)C=C(Cc2cccs2)C1. The van der Waals surface area contributed by atoms with Crippen LogP contribution >= 0.6 is 11.3 Å². The Morgan fingerprint density at radius 1 is 1.40 bits per heavy atom. The number of hydrogen-bond acceptors (Lipinski definition) is 2. The van der Waals surface area contributed by atoms with Gasteiger partial charge in [0, 0.05) is 17.7 Å². The molecule has 0 N–H and O–H groups in total. The molecule has 0 aliphatic heterocycles. The summed E-state index contributed by atoms with van der Waals surface area (Å²) in [4.78, 5) is 12.9. The third-order valence-electron chi connectivity index (χ3n) is 2.70. The van der Waals surface area contributed by atoms with E-state index in [4.69, 9.17) is 0 Å². The van der Waals surface area contributed by atoms with E-state index in [9.17, 15) is 4.79 Å². The molecule has 1 aliphatic rings. The van der Waals surface area contributed by atoms with Gasteiger partial charge in [0.25, 0.3) is 0 Å². The number of thiophene rings is 1. The fourth-order valence-electron chi connectivity index (χ4n) is 2.23. The van der Waals surface area contributed by atoms with Crippen LogP contribution in [0.3, 0.4) is 0 Å². The summed E-state index contributed by atoms with van der Waals surface area (Å²) in [6, 6.07) is 4.20. The zero-order chi connectivity index (χ0) is 10.9. The van der Waals surface area contributed by atoms with Gasteiger partial charge in [-0.15, -0.1) is 11.3 Å². The van der Waals surface area contributed by atoms with E-state index in [-0.39, 0.29) is 11.2 Å². The molecular weight excluding hydrogens is 204 g/mol. The highest BCUT2D eigenvalue weighted by atomic mass is 32.1. The fourth-order valence-corrected chi connectivity index (χ4v) is 2.99. The second-order valence-electron chi connectivity index (χ2n) is 5.04. The van der Waals surface area contributed by atoms with Crippen molar-refractivity contribution in [3.05, 3.63) is 34.0 Å². The minimum absolute atomic E-state index is 0.151. The molecule has 80 valence electrons. The number of rotatable bonds is 2. The quantitative estimate of drug-likeness (QED) is 0.744. The van der Waals surface area contributed by atoms with E-state index in [0.717, 1.165) is 12.8 Å². The van der Waals surface area contributed by atoms with E-state index in [0.29, 0.717) is 6.42 Å². The van der Waals surface area contributed by atoms with Crippen molar-refractivity contribution in [1.82, 2.24) is 0 Å². The summed E-state index contributed by atoms with van der Waals surface area (Å²) >= 11 is 1.77. The molecular formula is C13H16OS. The summed E-state index contributed by atoms with van der Waals surface area (Å²) in [5.41, 5.74) is 1.44. The maximum absolute atomic E-state index is 11.5. The molecule has 1 heterocycles. The second kappa shape index (κ2) is 3.93. The van der Waals surface area contributed by atoms with Crippen molar-refractivity contribution in [2.24, 2.45) is 5.41 Å². The first-order valence-electron chi connectivity index (χ1n) is 5.30. The topological polar surface area (TPSA) is 17.1 Å². The van der Waals surface area contributed by atoms with Gasteiger partial charge >= 0.3 is 0 Å². The van der Waals surface area contributed by atoms with Gasteiger partial charge in [-0.3, -0.25) is 4.79 Å². The van der Waals surface area contributed by atoms with Gasteiger partial charge in [0.05, 0.1) is 0 Å². The van der Waals surface area contributed by atoms with Crippen LogP contribution in [0.15, 0.2) is 29.2 Å². The van der Waals surface area contributed by atoms with E-state index in [1.54, 1.807) is 11.3 Å². The molecule has 0 saturated carbocycles. The molecule has 0 bridgehead atoms. The Morgan fingerprint density at radius 2 is 2.20 bits per heavy atom. The maximum Gasteiger partial charge on any atom is 0.156 e. The van der Waals surface area contributed by atoms with E-state index < -0.39 is 0 Å². The van der Waals surface area contributed by atoms with Crippen LogP contribution in [0.2, 0.25) is 0 Å². The van der Waals surface area contributed by atoms with Crippen LogP contribution in [0.4, 0.5) is 0 Å². The number of carbonyl (C=O) groups excluding carboxylic acids is 1. The number of allylic oxidation sites excluding steroid dienone is 2. The Hall–Kier alpha value is -0.890. The molecule has 0 fully saturated rings. The highest BCUT2D eigenvalue weighted by molar-refractivity contribution is 7.09. The van der Waals surface area contributed by atoms with Crippen LogP contribution < -0.4 is 0 Å². The summed E-state index contributed by atoms with van der Waals surface area (Å²) in [5, 5.41) is 2.09. The molecule has 15 heavy (non-hydrogen) atoms. The second-order valence-corrected chi connectivity index (χ2v) is 6.08. The minimum atomic E-state index is 0.151. The lowest BCUT2D eigenvalue weighted by molar-refractivity contribution is -0.117. The van der Waals surface area contributed by atoms with Gasteiger partial charge in [0.2, 0.25) is 0 Å². The van der Waals surface area contributed by atoms with Crippen molar-refractivity contribution in [3.8, 4) is 0 Å². The average Bonchev–Trinajstić information content (AvgIpc) is 2.52. The molecule has 1 nitrogen and oxygen atoms in total. The Morgan fingerprint density at radius 3 is 2.80 bits per heavy atom. The highest BCUT2D eigenvalue weighted by Crippen LogP contribution is 2.35. The van der Waals surface area contributed by atoms with Crippen molar-refractivity contribution in [2.75, 3.05) is 0 Å². The molecule has 0 unspecified atom stereocenters. The van der Waals surface area contributed by atoms with Crippen LogP contribution in [0.1, 0.15) is 31.6 Å². The Labute approximate surface area is 94.8 Å². The molecule has 0 aromatic carbocycles. The summed E-state index contributed by atoms with van der Waals surface area (Å²) in [6.45, 7) is 4.35. The van der Waals surface area contributed by atoms with E-state index in [1.807, 2.05) is 6.08 Å². The highest BCUT2D eigenvalue weighted by Gasteiger charge is 2.27. The molecule has 2 rings (SSSR count). The zero-order valence-corrected chi connectivity index (χ0v) is 10.1. The lowest BCUT2D eigenvalue weighted by Crippen LogP contribution is -2.22. The van der Waals surface area contributed by atoms with Gasteiger partial charge in [-0.05, 0) is 29.4 Å². The predicted octanol–water partition coefficient (Wildman–Crippen LogP) is 3.61. The molecule has 0 spiro atoms. The maximum atomic E-state index is 11.5. The van der Waals surface area contributed by atoms with Crippen molar-refractivity contribution < 1.29 is 4.79 Å². The van der Waals surface area contributed by atoms with E-state index in [1.165, 1.54) is 10.5 Å². The van der Waals surface area contributed by atoms with E-state index >= 15 is 0 Å². The first-order chi connectivity index (χ1) is 7.05.